The quantitative estimate of drug-likeness (QED) is 0.834. The second kappa shape index (κ2) is 7.17. The molecule has 24 heavy (non-hydrogen) atoms. The molecule has 0 unspecified atom stereocenters. The van der Waals surface area contributed by atoms with Crippen molar-refractivity contribution in [2.75, 3.05) is 26.8 Å². The number of methoxy groups -OCH3 is 1. The second-order valence-corrected chi connectivity index (χ2v) is 6.36. The summed E-state index contributed by atoms with van der Waals surface area (Å²) in [6.45, 7) is 4.83. The van der Waals surface area contributed by atoms with E-state index in [1.54, 1.807) is 18.0 Å². The largest absolute Gasteiger partial charge is 0.383 e. The van der Waals surface area contributed by atoms with Crippen molar-refractivity contribution in [2.24, 2.45) is 7.05 Å². The molecule has 7 heteroatoms. The van der Waals surface area contributed by atoms with Crippen LogP contribution in [0.5, 0.6) is 0 Å². The van der Waals surface area contributed by atoms with Crippen LogP contribution in [0.25, 0.3) is 0 Å². The van der Waals surface area contributed by atoms with Crippen LogP contribution in [0, 0.1) is 6.92 Å². The zero-order valence-electron chi connectivity index (χ0n) is 14.6. The molecule has 3 heterocycles. The molecule has 3 rings (SSSR count). The molecule has 1 aliphatic rings. The van der Waals surface area contributed by atoms with Gasteiger partial charge in [0, 0.05) is 58.3 Å². The smallest absolute Gasteiger partial charge is 0.257 e. The van der Waals surface area contributed by atoms with Crippen LogP contribution in [0.15, 0.2) is 18.6 Å². The highest BCUT2D eigenvalue weighted by Gasteiger charge is 2.29. The zero-order chi connectivity index (χ0) is 17.1. The highest BCUT2D eigenvalue weighted by molar-refractivity contribution is 5.95. The Hall–Kier alpha value is -2.15. The molecular formula is C17H25N5O2. The lowest BCUT2D eigenvalue weighted by molar-refractivity contribution is 0.0701. The summed E-state index contributed by atoms with van der Waals surface area (Å²) in [7, 11) is 3.54. The Kier molecular flexibility index (Phi) is 4.99. The third-order valence-corrected chi connectivity index (χ3v) is 4.60. The molecule has 0 radical (unpaired) electrons. The molecule has 1 saturated heterocycles. The van der Waals surface area contributed by atoms with Gasteiger partial charge in [-0.05, 0) is 19.8 Å². The van der Waals surface area contributed by atoms with Gasteiger partial charge < -0.3 is 14.2 Å². The number of rotatable bonds is 5. The molecule has 0 aliphatic carbocycles. The van der Waals surface area contributed by atoms with Crippen LogP contribution in [0.2, 0.25) is 0 Å². The van der Waals surface area contributed by atoms with Gasteiger partial charge in [-0.25, -0.2) is 4.98 Å². The number of aryl methyl sites for hydroxylation is 2. The second-order valence-electron chi connectivity index (χ2n) is 6.36. The number of aromatic nitrogens is 4. The van der Waals surface area contributed by atoms with E-state index < -0.39 is 0 Å². The number of hydrogen-bond donors (Lipinski definition) is 0. The molecule has 1 fully saturated rings. The Morgan fingerprint density at radius 3 is 3.00 bits per heavy atom. The minimum atomic E-state index is 0.0697. The van der Waals surface area contributed by atoms with Crippen molar-refractivity contribution in [2.45, 2.75) is 32.2 Å². The number of imidazole rings is 1. The van der Waals surface area contributed by atoms with Gasteiger partial charge in [-0.15, -0.1) is 0 Å². The maximum atomic E-state index is 12.8. The fourth-order valence-corrected chi connectivity index (χ4v) is 3.41. The number of hydrogen-bond acceptors (Lipinski definition) is 4. The Labute approximate surface area is 142 Å². The molecule has 7 nitrogen and oxygen atoms in total. The van der Waals surface area contributed by atoms with E-state index in [4.69, 9.17) is 4.74 Å². The molecule has 0 saturated carbocycles. The van der Waals surface area contributed by atoms with E-state index in [0.29, 0.717) is 18.7 Å². The van der Waals surface area contributed by atoms with Crippen LogP contribution < -0.4 is 0 Å². The molecule has 2 aromatic rings. The third kappa shape index (κ3) is 3.36. The lowest BCUT2D eigenvalue weighted by atomic mass is 9.96. The summed E-state index contributed by atoms with van der Waals surface area (Å²) in [6, 6.07) is 0. The van der Waals surface area contributed by atoms with Crippen molar-refractivity contribution in [3.63, 3.8) is 0 Å². The van der Waals surface area contributed by atoms with Crippen molar-refractivity contribution in [1.29, 1.82) is 0 Å². The summed E-state index contributed by atoms with van der Waals surface area (Å²) >= 11 is 0. The number of ether oxygens (including phenoxy) is 1. The predicted octanol–water partition coefficient (Wildman–Crippen LogP) is 1.59. The Balaban J connectivity index is 1.74. The first kappa shape index (κ1) is 16.7. The van der Waals surface area contributed by atoms with Crippen LogP contribution in [0.3, 0.4) is 0 Å². The van der Waals surface area contributed by atoms with E-state index in [-0.39, 0.29) is 11.8 Å². The number of carbonyl (C=O) groups is 1. The van der Waals surface area contributed by atoms with Gasteiger partial charge in [-0.1, -0.05) is 0 Å². The minimum absolute atomic E-state index is 0.0697. The monoisotopic (exact) mass is 331 g/mol. The lowest BCUT2D eigenvalue weighted by Gasteiger charge is -2.32. The van der Waals surface area contributed by atoms with Gasteiger partial charge in [0.1, 0.15) is 5.82 Å². The fraction of sp³-hybridized carbons (Fsp3) is 0.588. The lowest BCUT2D eigenvalue weighted by Crippen LogP contribution is -2.40. The summed E-state index contributed by atoms with van der Waals surface area (Å²) in [4.78, 5) is 19.3. The number of carbonyl (C=O) groups excluding carboxylic acids is 1. The molecular weight excluding hydrogens is 306 g/mol. The van der Waals surface area contributed by atoms with Crippen molar-refractivity contribution >= 4 is 5.91 Å². The highest BCUT2D eigenvalue weighted by Crippen LogP contribution is 2.27. The first-order chi connectivity index (χ1) is 11.6. The third-order valence-electron chi connectivity index (χ3n) is 4.60. The molecule has 0 N–H and O–H groups in total. The Morgan fingerprint density at radius 2 is 2.29 bits per heavy atom. The number of amides is 1. The van der Waals surface area contributed by atoms with Gasteiger partial charge in [-0.3, -0.25) is 9.48 Å². The van der Waals surface area contributed by atoms with Crippen LogP contribution in [0.1, 0.15) is 40.6 Å². The van der Waals surface area contributed by atoms with E-state index in [1.165, 1.54) is 0 Å². The first-order valence-electron chi connectivity index (χ1n) is 8.39. The van der Waals surface area contributed by atoms with Gasteiger partial charge in [0.2, 0.25) is 0 Å². The average molecular weight is 331 g/mol. The first-order valence-corrected chi connectivity index (χ1v) is 8.39. The SMILES string of the molecule is COCCn1ccnc1[C@H]1CCCN(C(=O)c2cn(C)nc2C)C1. The van der Waals surface area contributed by atoms with E-state index in [2.05, 4.69) is 14.6 Å². The van der Waals surface area contributed by atoms with Crippen molar-refractivity contribution < 1.29 is 9.53 Å². The number of likely N-dealkylation sites (tertiary alicyclic amines) is 1. The van der Waals surface area contributed by atoms with Crippen molar-refractivity contribution in [3.8, 4) is 0 Å². The van der Waals surface area contributed by atoms with Gasteiger partial charge >= 0.3 is 0 Å². The van der Waals surface area contributed by atoms with Gasteiger partial charge in [0.25, 0.3) is 5.91 Å². The molecule has 0 bridgehead atoms. The minimum Gasteiger partial charge on any atom is -0.383 e. The van der Waals surface area contributed by atoms with Crippen molar-refractivity contribution in [3.05, 3.63) is 35.7 Å². The van der Waals surface area contributed by atoms with Gasteiger partial charge in [-0.2, -0.15) is 5.10 Å². The molecule has 130 valence electrons. The van der Waals surface area contributed by atoms with Gasteiger partial charge in [0.05, 0.1) is 17.9 Å². The number of piperidine rings is 1. The average Bonchev–Trinajstić information content (AvgIpc) is 3.18. The summed E-state index contributed by atoms with van der Waals surface area (Å²) in [5.41, 5.74) is 1.48. The van der Waals surface area contributed by atoms with Crippen LogP contribution >= 0.6 is 0 Å². The summed E-state index contributed by atoms with van der Waals surface area (Å²) < 4.78 is 9.00. The molecule has 1 aliphatic heterocycles. The molecule has 0 aromatic carbocycles. The normalized spacial score (nSPS) is 18.1. The van der Waals surface area contributed by atoms with Crippen LogP contribution in [-0.2, 0) is 18.3 Å². The van der Waals surface area contributed by atoms with E-state index in [0.717, 1.165) is 37.4 Å². The van der Waals surface area contributed by atoms with Crippen molar-refractivity contribution in [1.82, 2.24) is 24.2 Å². The van der Waals surface area contributed by atoms with E-state index in [1.807, 2.05) is 31.3 Å². The summed E-state index contributed by atoms with van der Waals surface area (Å²) in [6.07, 6.45) is 7.67. The summed E-state index contributed by atoms with van der Waals surface area (Å²) in [5, 5.41) is 4.28. The topological polar surface area (TPSA) is 65.2 Å². The van der Waals surface area contributed by atoms with Crippen LogP contribution in [-0.4, -0.2) is 56.9 Å². The highest BCUT2D eigenvalue weighted by atomic mass is 16.5. The Bertz CT molecular complexity index is 706. The van der Waals surface area contributed by atoms with E-state index in [9.17, 15) is 4.79 Å². The molecule has 2 aromatic heterocycles. The van der Waals surface area contributed by atoms with E-state index >= 15 is 0 Å². The molecule has 1 amide bonds. The molecule has 0 spiro atoms. The van der Waals surface area contributed by atoms with Gasteiger partial charge in [0.15, 0.2) is 0 Å². The maximum Gasteiger partial charge on any atom is 0.257 e. The standard InChI is InChI=1S/C17H25N5O2/c1-13-15(12-20(2)19-13)17(23)22-7-4-5-14(11-22)16-18-6-8-21(16)9-10-24-3/h6,8,12,14H,4-5,7,9-11H2,1-3H3/t14-/m0/s1. The van der Waals surface area contributed by atoms with Crippen LogP contribution in [0.4, 0.5) is 0 Å². The fourth-order valence-electron chi connectivity index (χ4n) is 3.41. The summed E-state index contributed by atoms with van der Waals surface area (Å²) in [5.74, 6) is 1.39. The number of nitrogens with zero attached hydrogens (tertiary/aromatic N) is 5. The zero-order valence-corrected chi connectivity index (χ0v) is 14.6. The predicted molar refractivity (Wildman–Crippen MR) is 89.9 cm³/mol. The Morgan fingerprint density at radius 1 is 1.46 bits per heavy atom. The molecule has 1 atom stereocenters. The maximum absolute atomic E-state index is 12.8.